The van der Waals surface area contributed by atoms with Crippen molar-refractivity contribution in [2.75, 3.05) is 5.32 Å². The lowest BCUT2D eigenvalue weighted by Gasteiger charge is -2.60. The van der Waals surface area contributed by atoms with E-state index in [9.17, 15) is 4.79 Å². The summed E-state index contributed by atoms with van der Waals surface area (Å²) in [4.78, 5) is 17.8. The molecule has 142 valence electrons. The molecule has 1 amide bonds. The van der Waals surface area contributed by atoms with Gasteiger partial charge in [-0.25, -0.2) is 9.67 Å². The van der Waals surface area contributed by atoms with Crippen molar-refractivity contribution in [2.24, 2.45) is 17.3 Å². The Labute approximate surface area is 168 Å². The minimum Gasteiger partial charge on any atom is -0.326 e. The Kier molecular flexibility index (Phi) is 3.81. The molecule has 5 nitrogen and oxygen atoms in total. The second-order valence-corrected chi connectivity index (χ2v) is 9.96. The zero-order valence-corrected chi connectivity index (χ0v) is 17.4. The highest BCUT2D eigenvalue weighted by molar-refractivity contribution is 9.10. The van der Waals surface area contributed by atoms with E-state index in [0.29, 0.717) is 16.6 Å². The van der Waals surface area contributed by atoms with Crippen LogP contribution in [0.5, 0.6) is 0 Å². The lowest BCUT2D eigenvalue weighted by Crippen LogP contribution is -2.60. The van der Waals surface area contributed by atoms with Crippen LogP contribution in [-0.4, -0.2) is 20.7 Å². The highest BCUT2D eigenvalue weighted by atomic mass is 79.9. The van der Waals surface area contributed by atoms with Gasteiger partial charge in [-0.05, 0) is 103 Å². The van der Waals surface area contributed by atoms with Crippen LogP contribution in [0, 0.1) is 31.1 Å². The molecule has 1 aromatic carbocycles. The van der Waals surface area contributed by atoms with Gasteiger partial charge in [0.2, 0.25) is 10.6 Å². The molecule has 0 radical (unpaired) electrons. The Balaban J connectivity index is 1.47. The molecule has 4 aliphatic rings. The third kappa shape index (κ3) is 2.84. The van der Waals surface area contributed by atoms with Crippen molar-refractivity contribution in [1.82, 2.24) is 14.8 Å². The van der Waals surface area contributed by atoms with Gasteiger partial charge in [0.05, 0.1) is 11.0 Å². The highest BCUT2D eigenvalue weighted by Crippen LogP contribution is 2.64. The zero-order chi connectivity index (χ0) is 18.8. The van der Waals surface area contributed by atoms with Crippen LogP contribution in [0.3, 0.4) is 0 Å². The van der Waals surface area contributed by atoms with Crippen molar-refractivity contribution in [3.8, 4) is 0 Å². The normalized spacial score (nSPS) is 34.0. The monoisotopic (exact) mass is 428 g/mol. The van der Waals surface area contributed by atoms with Gasteiger partial charge in [0.1, 0.15) is 6.33 Å². The topological polar surface area (TPSA) is 59.8 Å². The first-order valence-corrected chi connectivity index (χ1v) is 10.6. The van der Waals surface area contributed by atoms with E-state index in [1.807, 2.05) is 11.0 Å². The molecule has 0 aliphatic heterocycles. The van der Waals surface area contributed by atoms with Gasteiger partial charge in [0, 0.05) is 5.69 Å². The number of nitrogens with zero attached hydrogens (tertiary/aromatic N) is 3. The van der Waals surface area contributed by atoms with Crippen LogP contribution >= 0.6 is 15.9 Å². The predicted octanol–water partition coefficient (Wildman–Crippen LogP) is 4.59. The van der Waals surface area contributed by atoms with Crippen molar-refractivity contribution >= 4 is 27.5 Å². The van der Waals surface area contributed by atoms with E-state index in [1.54, 1.807) is 0 Å². The zero-order valence-electron chi connectivity index (χ0n) is 15.8. The van der Waals surface area contributed by atoms with E-state index in [0.717, 1.165) is 37.8 Å². The van der Waals surface area contributed by atoms with Crippen LogP contribution in [0.2, 0.25) is 0 Å². The minimum atomic E-state index is -0.278. The largest absolute Gasteiger partial charge is 0.326 e. The first kappa shape index (κ1) is 17.4. The SMILES string of the molecule is Cc1cc(C)cc(NC(=O)C23C[C@H]4C[C@H](C2)CC(n2cnc(Br)n2)(C4)C3)c1. The number of amides is 1. The van der Waals surface area contributed by atoms with E-state index >= 15 is 0 Å². The van der Waals surface area contributed by atoms with E-state index < -0.39 is 0 Å². The van der Waals surface area contributed by atoms with Crippen LogP contribution in [0.1, 0.15) is 49.7 Å². The fraction of sp³-hybridized carbons (Fsp3) is 0.571. The number of nitrogens with one attached hydrogen (secondary N) is 1. The number of aromatic nitrogens is 3. The number of hydrogen-bond acceptors (Lipinski definition) is 3. The van der Waals surface area contributed by atoms with E-state index in [-0.39, 0.29) is 16.9 Å². The number of anilines is 1. The molecule has 6 rings (SSSR count). The maximum Gasteiger partial charge on any atom is 0.230 e. The van der Waals surface area contributed by atoms with Crippen LogP contribution in [-0.2, 0) is 10.3 Å². The summed E-state index contributed by atoms with van der Waals surface area (Å²) in [5.74, 6) is 1.42. The Bertz CT molecular complexity index is 886. The van der Waals surface area contributed by atoms with Crippen LogP contribution < -0.4 is 5.32 Å². The number of hydrogen-bond donors (Lipinski definition) is 1. The standard InChI is InChI=1S/C21H25BrN4O/c1-13-3-14(2)5-17(4-13)24-18(27)20-7-15-6-16(8-20)10-21(9-15,11-20)26-12-23-19(22)25-26/h3-5,12,15-16H,6-11H2,1-2H3,(H,24,27)/t15-,16-,20?,21?/m1/s1. The molecule has 1 N–H and O–H groups in total. The Hall–Kier alpha value is -1.69. The number of rotatable bonds is 3. The van der Waals surface area contributed by atoms with Crippen molar-refractivity contribution in [3.05, 3.63) is 40.4 Å². The summed E-state index contributed by atoms with van der Waals surface area (Å²) in [7, 11) is 0. The smallest absolute Gasteiger partial charge is 0.230 e. The molecule has 4 aliphatic carbocycles. The molecule has 1 aromatic heterocycles. The Morgan fingerprint density at radius 1 is 1.15 bits per heavy atom. The summed E-state index contributed by atoms with van der Waals surface area (Å²) in [6.45, 7) is 4.15. The average molecular weight is 429 g/mol. The van der Waals surface area contributed by atoms with Crippen molar-refractivity contribution in [1.29, 1.82) is 0 Å². The molecule has 0 saturated heterocycles. The fourth-order valence-electron chi connectivity index (χ4n) is 6.53. The number of aryl methyl sites for hydroxylation is 2. The second-order valence-electron chi connectivity index (χ2n) is 9.25. The Morgan fingerprint density at radius 3 is 2.41 bits per heavy atom. The summed E-state index contributed by atoms with van der Waals surface area (Å²) < 4.78 is 2.68. The minimum absolute atomic E-state index is 0.0526. The summed E-state index contributed by atoms with van der Waals surface area (Å²) in [6, 6.07) is 6.27. The maximum absolute atomic E-state index is 13.5. The van der Waals surface area contributed by atoms with E-state index in [4.69, 9.17) is 0 Å². The van der Waals surface area contributed by atoms with Gasteiger partial charge in [0.15, 0.2) is 0 Å². The molecule has 0 unspecified atom stereocenters. The molecule has 0 spiro atoms. The first-order chi connectivity index (χ1) is 12.9. The van der Waals surface area contributed by atoms with Crippen molar-refractivity contribution < 1.29 is 4.79 Å². The molecule has 4 bridgehead atoms. The molecule has 2 aromatic rings. The molecule has 2 atom stereocenters. The molecular formula is C21H25BrN4O. The third-order valence-electron chi connectivity index (χ3n) is 6.94. The van der Waals surface area contributed by atoms with Crippen molar-refractivity contribution in [2.45, 2.75) is 57.9 Å². The molecule has 4 fully saturated rings. The van der Waals surface area contributed by atoms with Crippen LogP contribution in [0.25, 0.3) is 0 Å². The second kappa shape index (κ2) is 5.90. The highest BCUT2D eigenvalue weighted by Gasteiger charge is 2.61. The summed E-state index contributed by atoms with van der Waals surface area (Å²) in [5, 5.41) is 7.85. The fourth-order valence-corrected chi connectivity index (χ4v) is 6.79. The Morgan fingerprint density at radius 2 is 1.81 bits per heavy atom. The third-order valence-corrected chi connectivity index (χ3v) is 7.30. The number of carbonyl (C=O) groups excluding carboxylic acids is 1. The molecular weight excluding hydrogens is 404 g/mol. The maximum atomic E-state index is 13.5. The predicted molar refractivity (Wildman–Crippen MR) is 107 cm³/mol. The molecule has 1 heterocycles. The van der Waals surface area contributed by atoms with Gasteiger partial charge in [-0.3, -0.25) is 4.79 Å². The lowest BCUT2D eigenvalue weighted by molar-refractivity contribution is -0.150. The van der Waals surface area contributed by atoms with Gasteiger partial charge in [-0.15, -0.1) is 5.10 Å². The number of halogens is 1. The lowest BCUT2D eigenvalue weighted by atomic mass is 9.46. The van der Waals surface area contributed by atoms with Crippen LogP contribution in [0.4, 0.5) is 5.69 Å². The summed E-state index contributed by atoms with van der Waals surface area (Å²) in [5.41, 5.74) is 2.95. The van der Waals surface area contributed by atoms with Gasteiger partial charge in [-0.2, -0.15) is 0 Å². The van der Waals surface area contributed by atoms with E-state index in [2.05, 4.69) is 63.4 Å². The van der Waals surface area contributed by atoms with E-state index in [1.165, 1.54) is 17.5 Å². The molecule has 27 heavy (non-hydrogen) atoms. The first-order valence-electron chi connectivity index (χ1n) is 9.83. The van der Waals surface area contributed by atoms with Gasteiger partial charge in [-0.1, -0.05) is 6.07 Å². The van der Waals surface area contributed by atoms with Gasteiger partial charge >= 0.3 is 0 Å². The summed E-state index contributed by atoms with van der Waals surface area (Å²) in [6.07, 6.45) is 8.24. The average Bonchev–Trinajstić information content (AvgIpc) is 3.00. The van der Waals surface area contributed by atoms with Crippen molar-refractivity contribution in [3.63, 3.8) is 0 Å². The van der Waals surface area contributed by atoms with Gasteiger partial charge in [0.25, 0.3) is 0 Å². The molecule has 6 heteroatoms. The number of carbonyl (C=O) groups is 1. The quantitative estimate of drug-likeness (QED) is 0.777. The molecule has 4 saturated carbocycles. The number of benzene rings is 1. The van der Waals surface area contributed by atoms with Gasteiger partial charge < -0.3 is 5.32 Å². The summed E-state index contributed by atoms with van der Waals surface area (Å²) >= 11 is 3.39. The van der Waals surface area contributed by atoms with Crippen LogP contribution in [0.15, 0.2) is 29.3 Å².